The molecule has 0 bridgehead atoms. The lowest BCUT2D eigenvalue weighted by molar-refractivity contribution is -0.409. The Balaban J connectivity index is 0.789. The highest BCUT2D eigenvalue weighted by atomic mass is 16.8. The molecule has 4 saturated carbocycles. The van der Waals surface area contributed by atoms with Crippen molar-refractivity contribution in [3.63, 3.8) is 0 Å². The van der Waals surface area contributed by atoms with Gasteiger partial charge in [-0.2, -0.15) is 0 Å². The Morgan fingerprint density at radius 2 is 1.08 bits per heavy atom. The van der Waals surface area contributed by atoms with E-state index in [1.807, 2.05) is 0 Å². The molecular formula is C56H90O28. The fourth-order valence-electron chi connectivity index (χ4n) is 17.0. The highest BCUT2D eigenvalue weighted by molar-refractivity contribution is 5.87. The Hall–Kier alpha value is -1.41. The zero-order valence-electron chi connectivity index (χ0n) is 47.7. The van der Waals surface area contributed by atoms with E-state index in [0.717, 1.165) is 38.5 Å². The van der Waals surface area contributed by atoms with Gasteiger partial charge in [-0.3, -0.25) is 4.79 Å². The number of aliphatic hydroxyl groups is 15. The zero-order chi connectivity index (χ0) is 60.2. The lowest BCUT2D eigenvalue weighted by Gasteiger charge is -2.60. The third kappa shape index (κ3) is 11.0. The maximum atomic E-state index is 14.8. The Bertz CT molecular complexity index is 2230. The summed E-state index contributed by atoms with van der Waals surface area (Å²) in [6, 6.07) is 0. The Labute approximate surface area is 485 Å². The summed E-state index contributed by atoms with van der Waals surface area (Å²) in [6.07, 6.45) is -38.3. The smallest absolute Gasteiger partial charge is 0.187 e. The summed E-state index contributed by atoms with van der Waals surface area (Å²) < 4.78 is 73.1. The van der Waals surface area contributed by atoms with Gasteiger partial charge in [0.15, 0.2) is 37.2 Å². The second-order valence-corrected chi connectivity index (χ2v) is 26.6. The molecule has 0 aromatic heterocycles. The standard InChI is InChI=1S/C56H90O28/c1-20-7-10-56(74-18-20)21(2)34-28(84-56)12-26-24-6-5-22-11-23(8-9-54(22,3)25(24)13-33(62)55(26,34)4)75-50-43(71)40(68)45(32(17-60)79-50)80-53-48(47(38(66)31(16-59)78-53)82-49-41(69)35(63)27(61)19-73-49)83-52-44(72)46(37(65)30(15-58)77-52)81-51-42(70)39(67)36(64)29(14-57)76-51/h20-32,34-53,57-61,63-72H,5-19H2,1-4H3/t20-,21+,22+,23+,24-,25+,26+,27-,28+,29-,30-,31-,32-,34+,35+,36-,37-,38-,39+,40-,41-,42-,43-,44-,45+,46+,47+,48-,49+,50-,51+,52+,53+,54+,55-,56-/m1/s1. The van der Waals surface area contributed by atoms with Gasteiger partial charge in [-0.15, -0.1) is 0 Å². The maximum absolute atomic E-state index is 14.8. The van der Waals surface area contributed by atoms with Crippen molar-refractivity contribution in [2.45, 2.75) is 251 Å². The van der Waals surface area contributed by atoms with Crippen LogP contribution in [0.25, 0.3) is 0 Å². The molecule has 7 aliphatic heterocycles. The van der Waals surface area contributed by atoms with Gasteiger partial charge < -0.3 is 133 Å². The number of rotatable bonds is 14. The van der Waals surface area contributed by atoms with E-state index in [1.165, 1.54) is 0 Å². The van der Waals surface area contributed by atoms with Crippen molar-refractivity contribution in [2.24, 2.45) is 52.3 Å². The number of hydrogen-bond acceptors (Lipinski definition) is 28. The molecule has 482 valence electrons. The predicted molar refractivity (Wildman–Crippen MR) is 275 cm³/mol. The number of carbonyl (C=O) groups is 1. The molecule has 28 nitrogen and oxygen atoms in total. The molecule has 11 rings (SSSR count). The minimum Gasteiger partial charge on any atom is -0.394 e. The highest BCUT2D eigenvalue weighted by Crippen LogP contribution is 2.70. The predicted octanol–water partition coefficient (Wildman–Crippen LogP) is -5.27. The second-order valence-electron chi connectivity index (χ2n) is 26.6. The van der Waals surface area contributed by atoms with Crippen LogP contribution in [0.4, 0.5) is 0 Å². The van der Waals surface area contributed by atoms with Crippen molar-refractivity contribution in [2.75, 3.05) is 39.6 Å². The van der Waals surface area contributed by atoms with Gasteiger partial charge in [0.2, 0.25) is 0 Å². The summed E-state index contributed by atoms with van der Waals surface area (Å²) in [4.78, 5) is 14.8. The van der Waals surface area contributed by atoms with E-state index in [9.17, 15) is 81.4 Å². The minimum absolute atomic E-state index is 0.0378. The van der Waals surface area contributed by atoms with Crippen LogP contribution in [-0.4, -0.2) is 287 Å². The lowest BCUT2D eigenvalue weighted by Crippen LogP contribution is -2.69. The van der Waals surface area contributed by atoms with Crippen LogP contribution in [0.15, 0.2) is 0 Å². The van der Waals surface area contributed by atoms with Crippen LogP contribution in [0.2, 0.25) is 0 Å². The molecule has 1 spiro atoms. The number of fused-ring (bicyclic) bond motifs is 7. The first kappa shape index (κ1) is 64.1. The van der Waals surface area contributed by atoms with Gasteiger partial charge in [0.1, 0.15) is 122 Å². The molecular weight excluding hydrogens is 1120 g/mol. The number of aliphatic hydroxyl groups excluding tert-OH is 15. The Kier molecular flexibility index (Phi) is 19.1. The molecule has 0 unspecified atom stereocenters. The molecule has 11 fully saturated rings. The molecule has 4 aliphatic carbocycles. The van der Waals surface area contributed by atoms with Crippen LogP contribution in [0.5, 0.6) is 0 Å². The van der Waals surface area contributed by atoms with Gasteiger partial charge in [0.05, 0.1) is 51.8 Å². The van der Waals surface area contributed by atoms with Crippen LogP contribution in [0.1, 0.15) is 85.5 Å². The summed E-state index contributed by atoms with van der Waals surface area (Å²) in [6.45, 7) is 5.29. The first-order valence-electron chi connectivity index (χ1n) is 30.2. The molecule has 0 radical (unpaired) electrons. The van der Waals surface area contributed by atoms with Gasteiger partial charge in [-0.1, -0.05) is 27.7 Å². The van der Waals surface area contributed by atoms with Crippen molar-refractivity contribution in [3.8, 4) is 0 Å². The SMILES string of the molecule is C[C@@H]1CC[C@@]2(OC1)O[C@H]1C[C@H]3[C@@H]4CC[C@H]5C[C@@H](O[C@@H]6O[C@H](CO)[C@H](O[C@@H]7O[C@H](CO)[C@@H](O)[C@H](O[C@@H]8OC[C@@H](O)[C@H](O)[C@H]8O)[C@H]7O[C@@H]7O[C@H](CO)[C@@H](O)[C@H](O[C@@H]8O[C@H](CO)[C@@H](O)[C@H](O)[C@H]8O)[C@H]7O)[C@H](O)[C@H]6O)CC[C@]5(C)[C@H]4CC(=O)[C@]3(C)[C@H]1[C@@H]2C. The number of ketones is 1. The third-order valence-corrected chi connectivity index (χ3v) is 22.0. The summed E-state index contributed by atoms with van der Waals surface area (Å²) in [5, 5.41) is 164. The summed E-state index contributed by atoms with van der Waals surface area (Å²) in [5.41, 5.74) is -0.699. The third-order valence-electron chi connectivity index (χ3n) is 22.0. The van der Waals surface area contributed by atoms with Crippen molar-refractivity contribution in [1.29, 1.82) is 0 Å². The fraction of sp³-hybridized carbons (Fsp3) is 0.982. The zero-order valence-corrected chi connectivity index (χ0v) is 47.7. The average molecular weight is 1210 g/mol. The normalized spacial score (nSPS) is 56.8. The molecule has 0 aromatic rings. The van der Waals surface area contributed by atoms with Crippen LogP contribution in [-0.2, 0) is 61.6 Å². The molecule has 7 saturated heterocycles. The highest BCUT2D eigenvalue weighted by Gasteiger charge is 2.72. The van der Waals surface area contributed by atoms with Crippen molar-refractivity contribution >= 4 is 5.78 Å². The molecule has 0 aromatic carbocycles. The monoisotopic (exact) mass is 1210 g/mol. The van der Waals surface area contributed by atoms with Crippen molar-refractivity contribution < 1.29 is 138 Å². The van der Waals surface area contributed by atoms with E-state index in [2.05, 4.69) is 27.7 Å². The average Bonchev–Trinajstić information content (AvgIpc) is 3.41. The largest absolute Gasteiger partial charge is 0.394 e. The van der Waals surface area contributed by atoms with Crippen LogP contribution >= 0.6 is 0 Å². The van der Waals surface area contributed by atoms with Crippen molar-refractivity contribution in [3.05, 3.63) is 0 Å². The van der Waals surface area contributed by atoms with Crippen molar-refractivity contribution in [1.82, 2.24) is 0 Å². The lowest BCUT2D eigenvalue weighted by atomic mass is 9.44. The van der Waals surface area contributed by atoms with E-state index in [0.29, 0.717) is 43.5 Å². The summed E-state index contributed by atoms with van der Waals surface area (Å²) in [5.74, 6) is 1.14. The molecule has 11 aliphatic rings. The number of carbonyl (C=O) groups excluding carboxylic acids is 1. The Morgan fingerprint density at radius 3 is 1.75 bits per heavy atom. The number of Topliss-reactive ketones (excluding diaryl/α,β-unsaturated/α-hetero) is 1. The van der Waals surface area contributed by atoms with E-state index < -0.39 is 198 Å². The number of hydrogen-bond donors (Lipinski definition) is 15. The summed E-state index contributed by atoms with van der Waals surface area (Å²) >= 11 is 0. The van der Waals surface area contributed by atoms with Crippen LogP contribution < -0.4 is 0 Å². The van der Waals surface area contributed by atoms with Gasteiger partial charge in [-0.05, 0) is 80.0 Å². The molecule has 0 amide bonds. The maximum Gasteiger partial charge on any atom is 0.187 e. The van der Waals surface area contributed by atoms with E-state index in [4.69, 9.17) is 56.8 Å². The molecule has 7 heterocycles. The first-order valence-corrected chi connectivity index (χ1v) is 30.2. The second kappa shape index (κ2) is 25.0. The van der Waals surface area contributed by atoms with Gasteiger partial charge in [0, 0.05) is 30.1 Å². The van der Waals surface area contributed by atoms with E-state index >= 15 is 0 Å². The minimum atomic E-state index is -2.19. The van der Waals surface area contributed by atoms with Crippen LogP contribution in [0, 0.1) is 52.3 Å². The topological polar surface area (TPSA) is 431 Å². The molecule has 28 heteroatoms. The van der Waals surface area contributed by atoms with Gasteiger partial charge in [-0.25, -0.2) is 0 Å². The number of ether oxygens (including phenoxy) is 12. The Morgan fingerprint density at radius 1 is 0.512 bits per heavy atom. The first-order chi connectivity index (χ1) is 39.9. The quantitative estimate of drug-likeness (QED) is 0.0723. The summed E-state index contributed by atoms with van der Waals surface area (Å²) in [7, 11) is 0. The van der Waals surface area contributed by atoms with E-state index in [1.54, 1.807) is 0 Å². The van der Waals surface area contributed by atoms with Gasteiger partial charge in [0.25, 0.3) is 0 Å². The fourth-order valence-corrected chi connectivity index (χ4v) is 17.0. The molecule has 15 N–H and O–H groups in total. The van der Waals surface area contributed by atoms with Crippen LogP contribution in [0.3, 0.4) is 0 Å². The van der Waals surface area contributed by atoms with Gasteiger partial charge >= 0.3 is 0 Å². The molecule has 84 heavy (non-hydrogen) atoms. The molecule has 36 atom stereocenters. The van der Waals surface area contributed by atoms with E-state index in [-0.39, 0.29) is 41.1 Å².